The van der Waals surface area contributed by atoms with Crippen molar-refractivity contribution in [2.24, 2.45) is 5.92 Å². The number of pyridine rings is 1. The molecule has 0 bridgehead atoms. The summed E-state index contributed by atoms with van der Waals surface area (Å²) in [7, 11) is 0. The van der Waals surface area contributed by atoms with Crippen LogP contribution >= 0.6 is 0 Å². The lowest BCUT2D eigenvalue weighted by molar-refractivity contribution is -0.127. The van der Waals surface area contributed by atoms with Crippen molar-refractivity contribution in [1.82, 2.24) is 9.56 Å². The Bertz CT molecular complexity index is 2820. The Morgan fingerprint density at radius 1 is 0.679 bits per heavy atom. The first kappa shape index (κ1) is 30.3. The standard InChI is InChI=1S/C48H36N3O2/c52-48-35-20-9-12-24-45(35)53-46-29-39-36(26-40(46)48)32-18-7-8-19-33(32)37-27-43-44(28-38(37)34-21-13-25-49-47(34)39)51(31-16-5-2-6-17-31)42-23-11-10-22-41(42)50(43)30-14-3-1-4-15-30/h1-8,10-11,13-19,21-23,25,27-29,35,45H,9,12,20,24,26H2/q+1. The number of anilines is 3. The maximum Gasteiger partial charge on any atom is 0.236 e. The van der Waals surface area contributed by atoms with Gasteiger partial charge in [0.1, 0.15) is 23.2 Å². The molecule has 254 valence electrons. The maximum atomic E-state index is 14.2. The number of para-hydroxylation sites is 4. The second-order valence-electron chi connectivity index (χ2n) is 14.6. The highest BCUT2D eigenvalue weighted by Crippen LogP contribution is 2.47. The van der Waals surface area contributed by atoms with E-state index in [0.717, 1.165) is 114 Å². The number of carbonyl (C=O) groups excluding carboxylic acids is 1. The van der Waals surface area contributed by atoms with Crippen molar-refractivity contribution < 1.29 is 9.53 Å². The summed E-state index contributed by atoms with van der Waals surface area (Å²) in [6.07, 6.45) is 8.55. The lowest BCUT2D eigenvalue weighted by atomic mass is 9.75. The lowest BCUT2D eigenvalue weighted by Crippen LogP contribution is -2.39. The molecule has 5 heteroatoms. The molecule has 2 unspecified atom stereocenters. The molecule has 2 aliphatic heterocycles. The van der Waals surface area contributed by atoms with E-state index in [0.29, 0.717) is 6.42 Å². The Morgan fingerprint density at radius 3 is 2.30 bits per heavy atom. The van der Waals surface area contributed by atoms with E-state index in [-0.39, 0.29) is 17.8 Å². The van der Waals surface area contributed by atoms with Gasteiger partial charge in [-0.25, -0.2) is 0 Å². The van der Waals surface area contributed by atoms with Crippen molar-refractivity contribution in [3.8, 4) is 11.1 Å². The largest absolute Gasteiger partial charge is 0.489 e. The number of nitrogens with zero attached hydrogens (tertiary/aromatic N) is 3. The SMILES string of the molecule is O=C1C2=C(C=C3C(=c4ccccc4=c4cc5c(cc4-c4cccnc43)=[N+](c3ccccc3)c3ccccc3N5c3ccccc3)C2)OC2CCCCC12. The molecule has 5 aromatic carbocycles. The van der Waals surface area contributed by atoms with Crippen LogP contribution in [-0.4, -0.2) is 16.9 Å². The number of ether oxygens (including phenoxy) is 1. The molecular formula is C48H36N3O2+. The zero-order valence-corrected chi connectivity index (χ0v) is 29.2. The van der Waals surface area contributed by atoms with Gasteiger partial charge >= 0.3 is 0 Å². The second-order valence-corrected chi connectivity index (χ2v) is 14.6. The summed E-state index contributed by atoms with van der Waals surface area (Å²) in [5.41, 5.74) is 11.6. The van der Waals surface area contributed by atoms with Crippen molar-refractivity contribution in [1.29, 1.82) is 0 Å². The highest BCUT2D eigenvalue weighted by molar-refractivity contribution is 6.10. The first-order valence-corrected chi connectivity index (χ1v) is 18.8. The molecule has 0 saturated heterocycles. The second kappa shape index (κ2) is 11.9. The molecule has 0 spiro atoms. The summed E-state index contributed by atoms with van der Waals surface area (Å²) in [5.74, 6) is 0.966. The summed E-state index contributed by atoms with van der Waals surface area (Å²) in [6.45, 7) is 0. The molecule has 1 fully saturated rings. The highest BCUT2D eigenvalue weighted by Gasteiger charge is 2.42. The molecule has 0 amide bonds. The predicted octanol–water partition coefficient (Wildman–Crippen LogP) is 9.34. The Labute approximate surface area is 307 Å². The third-order valence-electron chi connectivity index (χ3n) is 11.8. The highest BCUT2D eigenvalue weighted by atomic mass is 16.5. The van der Waals surface area contributed by atoms with Crippen molar-refractivity contribution >= 4 is 45.4 Å². The number of aromatic nitrogens is 1. The van der Waals surface area contributed by atoms with Crippen LogP contribution in [0.4, 0.5) is 28.4 Å². The third kappa shape index (κ3) is 4.60. The van der Waals surface area contributed by atoms with Crippen LogP contribution in [0.25, 0.3) is 22.3 Å². The van der Waals surface area contributed by atoms with Gasteiger partial charge in [-0.3, -0.25) is 14.7 Å². The summed E-state index contributed by atoms with van der Waals surface area (Å²) >= 11 is 0. The predicted molar refractivity (Wildman–Crippen MR) is 210 cm³/mol. The van der Waals surface area contributed by atoms with Gasteiger partial charge in [-0.1, -0.05) is 85.3 Å². The number of benzene rings is 5. The quantitative estimate of drug-likeness (QED) is 0.170. The summed E-state index contributed by atoms with van der Waals surface area (Å²) in [5, 5.41) is 4.49. The van der Waals surface area contributed by atoms with Crippen molar-refractivity contribution in [2.45, 2.75) is 38.2 Å². The number of hydrogen-bond donors (Lipinski definition) is 0. The fourth-order valence-corrected chi connectivity index (χ4v) is 9.37. The Morgan fingerprint density at radius 2 is 1.43 bits per heavy atom. The molecular weight excluding hydrogens is 651 g/mol. The van der Waals surface area contributed by atoms with Gasteiger partial charge in [0.05, 0.1) is 11.6 Å². The van der Waals surface area contributed by atoms with Gasteiger partial charge in [-0.15, -0.1) is 4.58 Å². The maximum absolute atomic E-state index is 14.2. The summed E-state index contributed by atoms with van der Waals surface area (Å²) in [4.78, 5) is 21.7. The molecule has 0 radical (unpaired) electrons. The summed E-state index contributed by atoms with van der Waals surface area (Å²) in [6, 6.07) is 47.7. The Kier molecular flexibility index (Phi) is 6.78. The van der Waals surface area contributed by atoms with E-state index in [9.17, 15) is 4.79 Å². The molecule has 11 rings (SSSR count). The lowest BCUT2D eigenvalue weighted by Gasteiger charge is -2.38. The minimum atomic E-state index is -0.0427. The molecule has 1 saturated carbocycles. The van der Waals surface area contributed by atoms with Crippen LogP contribution < -0.4 is 20.1 Å². The molecule has 2 atom stereocenters. The van der Waals surface area contributed by atoms with Gasteiger partial charge in [-0.05, 0) is 82.5 Å². The van der Waals surface area contributed by atoms with E-state index in [1.165, 1.54) is 0 Å². The van der Waals surface area contributed by atoms with Crippen molar-refractivity contribution in [3.63, 3.8) is 0 Å². The number of fused-ring (bicyclic) bond motifs is 9. The van der Waals surface area contributed by atoms with E-state index in [4.69, 9.17) is 9.72 Å². The van der Waals surface area contributed by atoms with Gasteiger partial charge in [0.15, 0.2) is 5.78 Å². The number of allylic oxidation sites excluding steroid dienone is 3. The van der Waals surface area contributed by atoms with Crippen LogP contribution in [0.2, 0.25) is 0 Å². The van der Waals surface area contributed by atoms with Crippen molar-refractivity contribution in [2.75, 3.05) is 4.90 Å². The monoisotopic (exact) mass is 686 g/mol. The van der Waals surface area contributed by atoms with Crippen LogP contribution in [0.1, 0.15) is 37.8 Å². The van der Waals surface area contributed by atoms with Crippen LogP contribution in [0.5, 0.6) is 0 Å². The van der Waals surface area contributed by atoms with Crippen LogP contribution in [-0.2, 0) is 9.53 Å². The minimum absolute atomic E-state index is 0.0379. The number of hydrogen-bond acceptors (Lipinski definition) is 4. The molecule has 6 aromatic rings. The first-order valence-electron chi connectivity index (χ1n) is 18.8. The van der Waals surface area contributed by atoms with E-state index < -0.39 is 0 Å². The minimum Gasteiger partial charge on any atom is -0.489 e. The number of ketones is 1. The zero-order chi connectivity index (χ0) is 35.0. The first-order chi connectivity index (χ1) is 26.2. The molecule has 1 aromatic heterocycles. The third-order valence-corrected chi connectivity index (χ3v) is 11.8. The van der Waals surface area contributed by atoms with E-state index in [1.807, 2.05) is 12.3 Å². The summed E-state index contributed by atoms with van der Waals surface area (Å²) < 4.78 is 9.10. The zero-order valence-electron chi connectivity index (χ0n) is 29.2. The Balaban J connectivity index is 1.30. The van der Waals surface area contributed by atoms with Gasteiger partial charge < -0.3 is 4.74 Å². The molecule has 3 heterocycles. The average molecular weight is 687 g/mol. The molecule has 5 aliphatic rings. The fraction of sp³-hybridized carbons (Fsp3) is 0.146. The van der Waals surface area contributed by atoms with Crippen LogP contribution in [0.15, 0.2) is 157 Å². The number of rotatable bonds is 2. The number of carbonyl (C=O) groups is 1. The average Bonchev–Trinajstić information content (AvgIpc) is 3.22. The molecule has 0 N–H and O–H groups in total. The van der Waals surface area contributed by atoms with E-state index in [2.05, 4.69) is 143 Å². The van der Waals surface area contributed by atoms with E-state index in [1.54, 1.807) is 0 Å². The van der Waals surface area contributed by atoms with Crippen LogP contribution in [0.3, 0.4) is 0 Å². The molecule has 53 heavy (non-hydrogen) atoms. The van der Waals surface area contributed by atoms with Gasteiger partial charge in [-0.2, -0.15) is 0 Å². The Hall–Kier alpha value is -6.33. The topological polar surface area (TPSA) is 45.4 Å². The number of Topliss-reactive ketones (excluding diaryl/α,β-unsaturated/α-hetero) is 1. The van der Waals surface area contributed by atoms with Gasteiger partial charge in [0.2, 0.25) is 16.7 Å². The normalized spacial score (nSPS) is 19.4. The van der Waals surface area contributed by atoms with E-state index >= 15 is 0 Å². The van der Waals surface area contributed by atoms with Crippen molar-refractivity contribution in [3.05, 3.63) is 184 Å². The fourth-order valence-electron chi connectivity index (χ4n) is 9.37. The molecule has 3 aliphatic carbocycles. The smallest absolute Gasteiger partial charge is 0.236 e. The van der Waals surface area contributed by atoms with Gasteiger partial charge in [0, 0.05) is 59.3 Å². The van der Waals surface area contributed by atoms with Crippen LogP contribution in [0, 0.1) is 16.4 Å². The van der Waals surface area contributed by atoms with Gasteiger partial charge in [0.25, 0.3) is 0 Å². The molecule has 5 nitrogen and oxygen atoms in total.